The van der Waals surface area contributed by atoms with Crippen LogP contribution in [0.15, 0.2) is 0 Å². The van der Waals surface area contributed by atoms with Crippen LogP contribution in [0, 0.1) is 5.92 Å². The molecular formula is C9H18BrNO2. The number of hydrogen-bond donors (Lipinski definition) is 2. The second kappa shape index (κ2) is 7.33. The zero-order valence-electron chi connectivity index (χ0n) is 8.22. The van der Waals surface area contributed by atoms with Gasteiger partial charge in [-0.2, -0.15) is 0 Å². The molecule has 0 aromatic carbocycles. The summed E-state index contributed by atoms with van der Waals surface area (Å²) >= 11 is 3.17. The van der Waals surface area contributed by atoms with Gasteiger partial charge in [-0.15, -0.1) is 0 Å². The molecule has 0 bridgehead atoms. The Bertz CT molecular complexity index is 151. The molecule has 0 heterocycles. The average molecular weight is 252 g/mol. The molecule has 0 aromatic rings. The summed E-state index contributed by atoms with van der Waals surface area (Å²) in [5.41, 5.74) is 0. The van der Waals surface area contributed by atoms with Gasteiger partial charge in [0.1, 0.15) is 0 Å². The Hall–Kier alpha value is -0.0900. The van der Waals surface area contributed by atoms with Gasteiger partial charge in [0.25, 0.3) is 0 Å². The Labute approximate surface area is 88.0 Å². The van der Waals surface area contributed by atoms with Crippen molar-refractivity contribution >= 4 is 21.8 Å². The van der Waals surface area contributed by atoms with E-state index in [4.69, 9.17) is 0 Å². The van der Waals surface area contributed by atoms with E-state index >= 15 is 0 Å². The van der Waals surface area contributed by atoms with Crippen LogP contribution in [0.4, 0.5) is 0 Å². The number of halogens is 1. The molecule has 78 valence electrons. The van der Waals surface area contributed by atoms with Crippen LogP contribution in [0.5, 0.6) is 0 Å². The van der Waals surface area contributed by atoms with Crippen molar-refractivity contribution in [3.63, 3.8) is 0 Å². The molecule has 1 amide bonds. The number of carbonyl (C=O) groups excluding carboxylic acids is 1. The highest BCUT2D eigenvalue weighted by atomic mass is 79.9. The van der Waals surface area contributed by atoms with Gasteiger partial charge < -0.3 is 10.4 Å². The molecule has 3 nitrogen and oxygen atoms in total. The monoisotopic (exact) mass is 251 g/mol. The minimum absolute atomic E-state index is 0.0142. The van der Waals surface area contributed by atoms with Gasteiger partial charge in [-0.05, 0) is 12.3 Å². The Kier molecular flexibility index (Phi) is 7.28. The lowest BCUT2D eigenvalue weighted by molar-refractivity contribution is -0.121. The van der Waals surface area contributed by atoms with Gasteiger partial charge in [0.05, 0.1) is 6.10 Å². The molecule has 1 atom stereocenters. The molecule has 0 spiro atoms. The maximum Gasteiger partial charge on any atom is 0.220 e. The number of aliphatic hydroxyl groups excluding tert-OH is 1. The van der Waals surface area contributed by atoms with Gasteiger partial charge in [0.15, 0.2) is 0 Å². The first-order valence-electron chi connectivity index (χ1n) is 4.57. The Balaban J connectivity index is 3.45. The predicted octanol–water partition coefficient (Wildman–Crippen LogP) is 1.29. The lowest BCUT2D eigenvalue weighted by Crippen LogP contribution is -2.32. The predicted molar refractivity (Wildman–Crippen MR) is 56.9 cm³/mol. The molecule has 1 unspecified atom stereocenters. The SMILES string of the molecule is CC(C)CC(O)CNC(=O)CCBr. The zero-order valence-corrected chi connectivity index (χ0v) is 9.80. The van der Waals surface area contributed by atoms with Gasteiger partial charge in [-0.3, -0.25) is 4.79 Å². The van der Waals surface area contributed by atoms with Crippen LogP contribution < -0.4 is 5.32 Å². The largest absolute Gasteiger partial charge is 0.391 e. The summed E-state index contributed by atoms with van der Waals surface area (Å²) in [4.78, 5) is 11.0. The summed E-state index contributed by atoms with van der Waals surface area (Å²) in [7, 11) is 0. The number of hydrogen-bond acceptors (Lipinski definition) is 2. The number of rotatable bonds is 6. The summed E-state index contributed by atoms with van der Waals surface area (Å²) in [5, 5.41) is 12.7. The van der Waals surface area contributed by atoms with Crippen LogP contribution in [-0.2, 0) is 4.79 Å². The van der Waals surface area contributed by atoms with Crippen LogP contribution in [0.2, 0.25) is 0 Å². The smallest absolute Gasteiger partial charge is 0.220 e. The summed E-state index contributed by atoms with van der Waals surface area (Å²) in [6.45, 7) is 4.46. The van der Waals surface area contributed by atoms with Crippen molar-refractivity contribution in [1.29, 1.82) is 0 Å². The maximum atomic E-state index is 11.0. The lowest BCUT2D eigenvalue weighted by atomic mass is 10.1. The lowest BCUT2D eigenvalue weighted by Gasteiger charge is -2.13. The fourth-order valence-electron chi connectivity index (χ4n) is 1.03. The van der Waals surface area contributed by atoms with E-state index in [0.717, 1.165) is 6.42 Å². The van der Waals surface area contributed by atoms with Crippen LogP contribution >= 0.6 is 15.9 Å². The Morgan fingerprint density at radius 2 is 2.15 bits per heavy atom. The van der Waals surface area contributed by atoms with Gasteiger partial charge in [-0.25, -0.2) is 0 Å². The van der Waals surface area contributed by atoms with Crippen molar-refractivity contribution in [2.45, 2.75) is 32.8 Å². The normalized spacial score (nSPS) is 13.0. The highest BCUT2D eigenvalue weighted by Gasteiger charge is 2.08. The fourth-order valence-corrected chi connectivity index (χ4v) is 1.39. The summed E-state index contributed by atoms with van der Waals surface area (Å²) in [6.07, 6.45) is 0.780. The molecule has 4 heteroatoms. The molecule has 0 saturated heterocycles. The quantitative estimate of drug-likeness (QED) is 0.700. The minimum Gasteiger partial charge on any atom is -0.391 e. The first-order chi connectivity index (χ1) is 6.06. The van der Waals surface area contributed by atoms with Crippen molar-refractivity contribution < 1.29 is 9.90 Å². The van der Waals surface area contributed by atoms with E-state index in [1.54, 1.807) is 0 Å². The zero-order chi connectivity index (χ0) is 10.3. The second-order valence-corrected chi connectivity index (χ2v) is 4.32. The van der Waals surface area contributed by atoms with Crippen LogP contribution in [0.25, 0.3) is 0 Å². The van der Waals surface area contributed by atoms with Gasteiger partial charge in [-0.1, -0.05) is 29.8 Å². The number of nitrogens with one attached hydrogen (secondary N) is 1. The molecule has 0 aliphatic rings. The van der Waals surface area contributed by atoms with Crippen LogP contribution in [0.1, 0.15) is 26.7 Å². The van der Waals surface area contributed by atoms with Crippen molar-refractivity contribution in [2.24, 2.45) is 5.92 Å². The molecule has 2 N–H and O–H groups in total. The fraction of sp³-hybridized carbons (Fsp3) is 0.889. The summed E-state index contributed by atoms with van der Waals surface area (Å²) in [6, 6.07) is 0. The first kappa shape index (κ1) is 12.9. The maximum absolute atomic E-state index is 11.0. The number of amides is 1. The highest BCUT2D eigenvalue weighted by Crippen LogP contribution is 2.03. The third-order valence-corrected chi connectivity index (χ3v) is 2.00. The molecule has 0 rings (SSSR count). The summed E-state index contributed by atoms with van der Waals surface area (Å²) < 4.78 is 0. The van der Waals surface area contributed by atoms with E-state index in [0.29, 0.717) is 24.2 Å². The number of carbonyl (C=O) groups is 1. The number of aliphatic hydroxyl groups is 1. The highest BCUT2D eigenvalue weighted by molar-refractivity contribution is 9.09. The summed E-state index contributed by atoms with van der Waals surface area (Å²) in [5.74, 6) is 0.447. The topological polar surface area (TPSA) is 49.3 Å². The van der Waals surface area contributed by atoms with E-state index in [1.165, 1.54) is 0 Å². The third kappa shape index (κ3) is 8.25. The van der Waals surface area contributed by atoms with Crippen LogP contribution in [-0.4, -0.2) is 29.0 Å². The molecule has 0 aliphatic carbocycles. The Morgan fingerprint density at radius 1 is 1.54 bits per heavy atom. The van der Waals surface area contributed by atoms with E-state index < -0.39 is 6.10 Å². The van der Waals surface area contributed by atoms with E-state index in [2.05, 4.69) is 21.2 Å². The van der Waals surface area contributed by atoms with E-state index in [-0.39, 0.29) is 5.91 Å². The second-order valence-electron chi connectivity index (χ2n) is 3.53. The Morgan fingerprint density at radius 3 is 2.62 bits per heavy atom. The molecule has 13 heavy (non-hydrogen) atoms. The van der Waals surface area contributed by atoms with E-state index in [1.807, 2.05) is 13.8 Å². The van der Waals surface area contributed by atoms with Gasteiger partial charge >= 0.3 is 0 Å². The molecular weight excluding hydrogens is 234 g/mol. The molecule has 0 saturated carbocycles. The van der Waals surface area contributed by atoms with Gasteiger partial charge in [0.2, 0.25) is 5.91 Å². The van der Waals surface area contributed by atoms with Crippen molar-refractivity contribution in [1.82, 2.24) is 5.32 Å². The number of alkyl halides is 1. The first-order valence-corrected chi connectivity index (χ1v) is 5.69. The molecule has 0 radical (unpaired) electrons. The molecule has 0 fully saturated rings. The standard InChI is InChI=1S/C9H18BrNO2/c1-7(2)5-8(12)6-11-9(13)3-4-10/h7-8,12H,3-6H2,1-2H3,(H,11,13). The minimum atomic E-state index is -0.417. The van der Waals surface area contributed by atoms with Crippen molar-refractivity contribution in [3.8, 4) is 0 Å². The van der Waals surface area contributed by atoms with Gasteiger partial charge in [0, 0.05) is 18.3 Å². The molecule has 0 aliphatic heterocycles. The third-order valence-electron chi connectivity index (χ3n) is 1.60. The van der Waals surface area contributed by atoms with Crippen molar-refractivity contribution in [3.05, 3.63) is 0 Å². The molecule has 0 aromatic heterocycles. The average Bonchev–Trinajstić information content (AvgIpc) is 2.00. The van der Waals surface area contributed by atoms with E-state index in [9.17, 15) is 9.90 Å². The van der Waals surface area contributed by atoms with Crippen LogP contribution in [0.3, 0.4) is 0 Å². The van der Waals surface area contributed by atoms with Crippen molar-refractivity contribution in [2.75, 3.05) is 11.9 Å².